The van der Waals surface area contributed by atoms with E-state index in [-0.39, 0.29) is 12.5 Å². The smallest absolute Gasteiger partial charge is 0.247 e. The lowest BCUT2D eigenvalue weighted by Crippen LogP contribution is -2.62. The molecule has 0 bridgehead atoms. The number of nitrogens with zero attached hydrogens (tertiary/aromatic N) is 4. The maximum absolute atomic E-state index is 12.4. The topological polar surface area (TPSA) is 61.1 Å². The molecule has 112 valence electrons. The first kappa shape index (κ1) is 13.9. The summed E-state index contributed by atoms with van der Waals surface area (Å²) in [5.41, 5.74) is 0.823. The molecule has 3 rings (SSSR count). The van der Waals surface area contributed by atoms with Gasteiger partial charge in [0.05, 0.1) is 12.3 Å². The monoisotopic (exact) mass is 288 g/mol. The lowest BCUT2D eigenvalue weighted by Gasteiger charge is -2.45. The zero-order valence-electron chi connectivity index (χ0n) is 12.6. The molecule has 2 aromatic rings. The minimum atomic E-state index is -0.672. The first-order valence-corrected chi connectivity index (χ1v) is 7.07. The van der Waals surface area contributed by atoms with Gasteiger partial charge in [0.15, 0.2) is 5.82 Å². The first-order valence-electron chi connectivity index (χ1n) is 7.07. The van der Waals surface area contributed by atoms with Crippen molar-refractivity contribution in [3.63, 3.8) is 0 Å². The summed E-state index contributed by atoms with van der Waals surface area (Å²) >= 11 is 0. The molecule has 21 heavy (non-hydrogen) atoms. The van der Waals surface area contributed by atoms with Crippen LogP contribution in [-0.2, 0) is 11.4 Å². The zero-order chi connectivity index (χ0) is 15.2. The maximum atomic E-state index is 12.4. The Morgan fingerprint density at radius 1 is 1.33 bits per heavy atom. The van der Waals surface area contributed by atoms with Crippen LogP contribution in [0.4, 0.5) is 5.82 Å². The highest BCUT2D eigenvalue weighted by Crippen LogP contribution is 2.31. The summed E-state index contributed by atoms with van der Waals surface area (Å²) in [6.45, 7) is 5.04. The Kier molecular flexibility index (Phi) is 3.13. The van der Waals surface area contributed by atoms with Crippen LogP contribution < -0.4 is 4.90 Å². The number of imidazole rings is 1. The third kappa shape index (κ3) is 1.98. The number of rotatable bonds is 2. The highest BCUT2D eigenvalue weighted by atomic mass is 16.3. The molecule has 1 amide bonds. The Bertz CT molecular complexity index is 692. The van der Waals surface area contributed by atoms with Crippen molar-refractivity contribution in [3.8, 4) is 0 Å². The number of pyridine rings is 1. The molecule has 1 fully saturated rings. The molecule has 1 aliphatic heterocycles. The number of fused-ring (bicyclic) bond motifs is 1. The first-order chi connectivity index (χ1) is 9.96. The number of carbonyl (C=O) groups excluding carboxylic acids is 1. The fraction of sp³-hybridized carbons (Fsp3) is 0.467. The van der Waals surface area contributed by atoms with Gasteiger partial charge in [0.1, 0.15) is 11.2 Å². The van der Waals surface area contributed by atoms with Gasteiger partial charge in [0, 0.05) is 26.3 Å². The Morgan fingerprint density at radius 2 is 2.10 bits per heavy atom. The van der Waals surface area contributed by atoms with Crippen LogP contribution in [0.1, 0.15) is 19.5 Å². The average molecular weight is 288 g/mol. The summed E-state index contributed by atoms with van der Waals surface area (Å²) in [5.74, 6) is 0.754. The molecule has 1 N–H and O–H groups in total. The van der Waals surface area contributed by atoms with E-state index in [2.05, 4.69) is 4.98 Å². The molecule has 0 unspecified atom stereocenters. The standard InChI is InChI=1S/C15H20N4O2/c1-15(2)14(21)17(3)8-9-19(15)13-11(10-20)18-7-5-4-6-12(18)16-13/h4-7,20H,8-10H2,1-3H3. The van der Waals surface area contributed by atoms with Crippen molar-refractivity contribution >= 4 is 17.4 Å². The summed E-state index contributed by atoms with van der Waals surface area (Å²) in [5, 5.41) is 9.74. The van der Waals surface area contributed by atoms with Crippen LogP contribution >= 0.6 is 0 Å². The van der Waals surface area contributed by atoms with Gasteiger partial charge in [-0.2, -0.15) is 0 Å². The molecule has 0 atom stereocenters. The number of hydrogen-bond acceptors (Lipinski definition) is 4. The van der Waals surface area contributed by atoms with Crippen LogP contribution in [0.25, 0.3) is 5.65 Å². The lowest BCUT2D eigenvalue weighted by atomic mass is 9.97. The molecule has 0 spiro atoms. The van der Waals surface area contributed by atoms with Crippen LogP contribution in [-0.4, -0.2) is 51.0 Å². The predicted octanol–water partition coefficient (Wildman–Crippen LogP) is 0.884. The molecule has 6 nitrogen and oxygen atoms in total. The van der Waals surface area contributed by atoms with Gasteiger partial charge in [-0.15, -0.1) is 0 Å². The highest BCUT2D eigenvalue weighted by molar-refractivity contribution is 5.90. The molecule has 2 aromatic heterocycles. The zero-order valence-corrected chi connectivity index (χ0v) is 12.6. The minimum absolute atomic E-state index is 0.0645. The summed E-state index contributed by atoms with van der Waals surface area (Å²) in [4.78, 5) is 20.8. The van der Waals surface area contributed by atoms with Gasteiger partial charge in [-0.25, -0.2) is 4.98 Å². The Morgan fingerprint density at radius 3 is 2.81 bits per heavy atom. The number of hydrogen-bond donors (Lipinski definition) is 1. The van der Waals surface area contributed by atoms with Gasteiger partial charge < -0.3 is 14.9 Å². The molecular formula is C15H20N4O2. The third-order valence-corrected chi connectivity index (χ3v) is 4.22. The highest BCUT2D eigenvalue weighted by Gasteiger charge is 2.42. The summed E-state index contributed by atoms with van der Waals surface area (Å²) < 4.78 is 1.87. The minimum Gasteiger partial charge on any atom is -0.390 e. The summed E-state index contributed by atoms with van der Waals surface area (Å²) in [6.07, 6.45) is 1.88. The maximum Gasteiger partial charge on any atom is 0.247 e. The molecule has 0 radical (unpaired) electrons. The number of anilines is 1. The van der Waals surface area contributed by atoms with Gasteiger partial charge in [0.25, 0.3) is 0 Å². The molecule has 6 heteroatoms. The van der Waals surface area contributed by atoms with E-state index in [1.165, 1.54) is 0 Å². The van der Waals surface area contributed by atoms with E-state index in [0.717, 1.165) is 11.3 Å². The van der Waals surface area contributed by atoms with Crippen molar-refractivity contribution in [2.24, 2.45) is 0 Å². The van der Waals surface area contributed by atoms with Gasteiger partial charge in [-0.05, 0) is 26.0 Å². The average Bonchev–Trinajstić information content (AvgIpc) is 2.83. The van der Waals surface area contributed by atoms with Crippen molar-refractivity contribution in [1.82, 2.24) is 14.3 Å². The SMILES string of the molecule is CN1CCN(c2nc3ccccn3c2CO)C(C)(C)C1=O. The molecule has 3 heterocycles. The van der Waals surface area contributed by atoms with E-state index in [0.29, 0.717) is 18.9 Å². The van der Waals surface area contributed by atoms with E-state index >= 15 is 0 Å². The molecule has 1 aliphatic rings. The van der Waals surface area contributed by atoms with Crippen LogP contribution in [0.3, 0.4) is 0 Å². The predicted molar refractivity (Wildman–Crippen MR) is 80.2 cm³/mol. The second-order valence-corrected chi connectivity index (χ2v) is 5.91. The number of piperazine rings is 1. The number of carbonyl (C=O) groups is 1. The van der Waals surface area contributed by atoms with E-state index in [4.69, 9.17) is 0 Å². The Labute approximate surface area is 123 Å². The van der Waals surface area contributed by atoms with E-state index in [9.17, 15) is 9.90 Å². The number of amides is 1. The van der Waals surface area contributed by atoms with Crippen molar-refractivity contribution in [2.75, 3.05) is 25.0 Å². The second-order valence-electron chi connectivity index (χ2n) is 5.91. The largest absolute Gasteiger partial charge is 0.390 e. The van der Waals surface area contributed by atoms with Crippen molar-refractivity contribution in [3.05, 3.63) is 30.1 Å². The van der Waals surface area contributed by atoms with Gasteiger partial charge in [-0.1, -0.05) is 6.07 Å². The fourth-order valence-electron chi connectivity index (χ4n) is 2.98. The molecule has 0 aromatic carbocycles. The Hall–Kier alpha value is -2.08. The van der Waals surface area contributed by atoms with E-state index < -0.39 is 5.54 Å². The van der Waals surface area contributed by atoms with Crippen LogP contribution in [0.5, 0.6) is 0 Å². The van der Waals surface area contributed by atoms with E-state index in [1.54, 1.807) is 4.90 Å². The molecule has 0 saturated carbocycles. The molecular weight excluding hydrogens is 268 g/mol. The second kappa shape index (κ2) is 4.73. The summed E-state index contributed by atoms with van der Waals surface area (Å²) in [6, 6.07) is 5.71. The quantitative estimate of drug-likeness (QED) is 0.891. The van der Waals surface area contributed by atoms with Crippen molar-refractivity contribution in [2.45, 2.75) is 26.0 Å². The van der Waals surface area contributed by atoms with Crippen molar-refractivity contribution < 1.29 is 9.90 Å². The van der Waals surface area contributed by atoms with Crippen LogP contribution in [0, 0.1) is 0 Å². The van der Waals surface area contributed by atoms with Crippen LogP contribution in [0.2, 0.25) is 0 Å². The third-order valence-electron chi connectivity index (χ3n) is 4.22. The van der Waals surface area contributed by atoms with Gasteiger partial charge in [-0.3, -0.25) is 9.20 Å². The van der Waals surface area contributed by atoms with Gasteiger partial charge >= 0.3 is 0 Å². The van der Waals surface area contributed by atoms with Crippen LogP contribution in [0.15, 0.2) is 24.4 Å². The fourth-order valence-corrected chi connectivity index (χ4v) is 2.98. The summed E-state index contributed by atoms with van der Waals surface area (Å²) in [7, 11) is 1.82. The number of aliphatic hydroxyl groups is 1. The van der Waals surface area contributed by atoms with E-state index in [1.807, 2.05) is 54.6 Å². The van der Waals surface area contributed by atoms with Gasteiger partial charge in [0.2, 0.25) is 5.91 Å². The number of aromatic nitrogens is 2. The molecule has 0 aliphatic carbocycles. The number of aliphatic hydroxyl groups excluding tert-OH is 1. The number of likely N-dealkylation sites (N-methyl/N-ethyl adjacent to an activating group) is 1. The normalized spacial score (nSPS) is 18.6. The lowest BCUT2D eigenvalue weighted by molar-refractivity contribution is -0.136. The Balaban J connectivity index is 2.14. The molecule has 1 saturated heterocycles. The van der Waals surface area contributed by atoms with Crippen molar-refractivity contribution in [1.29, 1.82) is 0 Å².